The van der Waals surface area contributed by atoms with Crippen molar-refractivity contribution in [1.29, 1.82) is 5.26 Å². The number of rotatable bonds is 3. The third-order valence-electron chi connectivity index (χ3n) is 3.20. The molecule has 0 saturated carbocycles. The molecule has 0 radical (unpaired) electrons. The van der Waals surface area contributed by atoms with E-state index in [4.69, 9.17) is 5.26 Å². The number of benzene rings is 2. The van der Waals surface area contributed by atoms with Gasteiger partial charge >= 0.3 is 6.36 Å². The normalized spacial score (nSPS) is 11.1. The molecule has 1 aromatic heterocycles. The first kappa shape index (κ1) is 15.6. The second kappa shape index (κ2) is 6.08. The van der Waals surface area contributed by atoms with Crippen molar-refractivity contribution >= 4 is 22.4 Å². The first-order chi connectivity index (χ1) is 11.4. The highest BCUT2D eigenvalue weighted by molar-refractivity contribution is 5.85. The van der Waals surface area contributed by atoms with Crippen molar-refractivity contribution in [2.45, 2.75) is 6.36 Å². The number of nitriles is 1. The van der Waals surface area contributed by atoms with E-state index in [0.29, 0.717) is 22.6 Å². The number of hydrogen-bond acceptors (Lipinski definition) is 4. The summed E-state index contributed by atoms with van der Waals surface area (Å²) < 4.78 is 40.2. The summed E-state index contributed by atoms with van der Waals surface area (Å²) in [5.74, 6) is 0.181. The van der Waals surface area contributed by atoms with Crippen LogP contribution >= 0.6 is 0 Å². The molecule has 0 aliphatic heterocycles. The molecule has 7 heteroatoms. The number of fused-ring (bicyclic) bond motifs is 1. The van der Waals surface area contributed by atoms with Gasteiger partial charge in [0.1, 0.15) is 17.6 Å². The summed E-state index contributed by atoms with van der Waals surface area (Å²) in [6.45, 7) is 0. The molecule has 3 rings (SSSR count). The van der Waals surface area contributed by atoms with Crippen molar-refractivity contribution in [3.8, 4) is 11.8 Å². The van der Waals surface area contributed by atoms with Crippen LogP contribution in [-0.4, -0.2) is 11.3 Å². The van der Waals surface area contributed by atoms with Crippen molar-refractivity contribution in [2.75, 3.05) is 5.32 Å². The standard InChI is InChI=1S/C17H10F3N3O/c18-17(19,20)24-14-7-5-13(6-8-14)22-15-9-4-11-2-1-3-12(10-21)16(11)23-15/h1-9H,(H,22,23). The van der Waals surface area contributed by atoms with Gasteiger partial charge in [0.15, 0.2) is 0 Å². The number of nitrogens with zero attached hydrogens (tertiary/aromatic N) is 2. The molecular weight excluding hydrogens is 319 g/mol. The predicted molar refractivity (Wildman–Crippen MR) is 82.9 cm³/mol. The Balaban J connectivity index is 1.83. The van der Waals surface area contributed by atoms with Gasteiger partial charge in [-0.3, -0.25) is 0 Å². The Morgan fingerprint density at radius 3 is 2.42 bits per heavy atom. The first-order valence-corrected chi connectivity index (χ1v) is 6.87. The molecule has 0 saturated heterocycles. The van der Waals surface area contributed by atoms with Crippen LogP contribution in [0.1, 0.15) is 5.56 Å². The number of hydrogen-bond donors (Lipinski definition) is 1. The van der Waals surface area contributed by atoms with Crippen molar-refractivity contribution in [1.82, 2.24) is 4.98 Å². The lowest BCUT2D eigenvalue weighted by molar-refractivity contribution is -0.274. The van der Waals surface area contributed by atoms with E-state index < -0.39 is 6.36 Å². The highest BCUT2D eigenvalue weighted by Crippen LogP contribution is 2.26. The van der Waals surface area contributed by atoms with Crippen LogP contribution in [0.2, 0.25) is 0 Å². The lowest BCUT2D eigenvalue weighted by Crippen LogP contribution is -2.16. The van der Waals surface area contributed by atoms with Gasteiger partial charge in [0.25, 0.3) is 0 Å². The van der Waals surface area contributed by atoms with Gasteiger partial charge in [0.05, 0.1) is 11.1 Å². The number of halogens is 3. The molecule has 1 heterocycles. The number of aromatic nitrogens is 1. The Morgan fingerprint density at radius 1 is 1.00 bits per heavy atom. The van der Waals surface area contributed by atoms with Crippen LogP contribution < -0.4 is 10.1 Å². The highest BCUT2D eigenvalue weighted by atomic mass is 19.4. The zero-order valence-corrected chi connectivity index (χ0v) is 12.1. The van der Waals surface area contributed by atoms with Gasteiger partial charge in [0.2, 0.25) is 0 Å². The molecule has 0 aliphatic carbocycles. The quantitative estimate of drug-likeness (QED) is 0.753. The van der Waals surface area contributed by atoms with Gasteiger partial charge in [-0.1, -0.05) is 12.1 Å². The van der Waals surface area contributed by atoms with E-state index in [1.54, 1.807) is 18.2 Å². The molecular formula is C17H10F3N3O. The second-order valence-electron chi connectivity index (χ2n) is 4.88. The van der Waals surface area contributed by atoms with Gasteiger partial charge in [-0.15, -0.1) is 13.2 Å². The Hall–Kier alpha value is -3.27. The number of para-hydroxylation sites is 1. The van der Waals surface area contributed by atoms with Crippen molar-refractivity contribution in [3.05, 3.63) is 60.2 Å². The third-order valence-corrected chi connectivity index (χ3v) is 3.20. The maximum absolute atomic E-state index is 12.1. The molecule has 0 spiro atoms. The molecule has 0 aliphatic rings. The van der Waals surface area contributed by atoms with E-state index in [1.807, 2.05) is 12.1 Å². The molecule has 0 atom stereocenters. The average Bonchev–Trinajstić information content (AvgIpc) is 2.55. The SMILES string of the molecule is N#Cc1cccc2ccc(Nc3ccc(OC(F)(F)F)cc3)nc12. The number of anilines is 2. The van der Waals surface area contributed by atoms with Crippen molar-refractivity contribution < 1.29 is 17.9 Å². The van der Waals surface area contributed by atoms with E-state index in [9.17, 15) is 13.2 Å². The molecule has 3 aromatic rings. The third kappa shape index (κ3) is 3.55. The smallest absolute Gasteiger partial charge is 0.406 e. The Bertz CT molecular complexity index is 915. The van der Waals surface area contributed by atoms with Gasteiger partial charge in [-0.05, 0) is 42.5 Å². The van der Waals surface area contributed by atoms with Gasteiger partial charge < -0.3 is 10.1 Å². The highest BCUT2D eigenvalue weighted by Gasteiger charge is 2.30. The molecule has 4 nitrogen and oxygen atoms in total. The molecule has 0 unspecified atom stereocenters. The van der Waals surface area contributed by atoms with Gasteiger partial charge in [-0.2, -0.15) is 5.26 Å². The van der Waals surface area contributed by atoms with Gasteiger partial charge in [0, 0.05) is 11.1 Å². The van der Waals surface area contributed by atoms with Crippen LogP contribution in [0.5, 0.6) is 5.75 Å². The maximum Gasteiger partial charge on any atom is 0.573 e. The maximum atomic E-state index is 12.1. The molecule has 0 amide bonds. The number of nitrogens with one attached hydrogen (secondary N) is 1. The minimum absolute atomic E-state index is 0.300. The summed E-state index contributed by atoms with van der Waals surface area (Å²) in [4.78, 5) is 4.38. The summed E-state index contributed by atoms with van der Waals surface area (Å²) in [5.41, 5.74) is 1.55. The van der Waals surface area contributed by atoms with Crippen LogP contribution in [0.4, 0.5) is 24.7 Å². The van der Waals surface area contributed by atoms with E-state index in [-0.39, 0.29) is 5.75 Å². The van der Waals surface area contributed by atoms with Crippen LogP contribution in [0.3, 0.4) is 0 Å². The van der Waals surface area contributed by atoms with Crippen LogP contribution in [0.25, 0.3) is 10.9 Å². The zero-order chi connectivity index (χ0) is 17.2. The minimum Gasteiger partial charge on any atom is -0.406 e. The minimum atomic E-state index is -4.72. The molecule has 0 bridgehead atoms. The predicted octanol–water partition coefficient (Wildman–Crippen LogP) is 4.75. The first-order valence-electron chi connectivity index (χ1n) is 6.87. The summed E-state index contributed by atoms with van der Waals surface area (Å²) in [6, 6.07) is 16.2. The summed E-state index contributed by atoms with van der Waals surface area (Å²) >= 11 is 0. The molecule has 2 aromatic carbocycles. The fourth-order valence-electron chi connectivity index (χ4n) is 2.19. The van der Waals surface area contributed by atoms with E-state index in [0.717, 1.165) is 5.39 Å². The Kier molecular flexibility index (Phi) is 3.96. The summed E-state index contributed by atoms with van der Waals surface area (Å²) in [6.07, 6.45) is -4.72. The Labute approximate surface area is 135 Å². The van der Waals surface area contributed by atoms with E-state index >= 15 is 0 Å². The lowest BCUT2D eigenvalue weighted by Gasteiger charge is -2.10. The molecule has 0 fully saturated rings. The average molecular weight is 329 g/mol. The summed E-state index contributed by atoms with van der Waals surface area (Å²) in [7, 11) is 0. The molecule has 120 valence electrons. The fourth-order valence-corrected chi connectivity index (χ4v) is 2.19. The van der Waals surface area contributed by atoms with Crippen molar-refractivity contribution in [2.24, 2.45) is 0 Å². The van der Waals surface area contributed by atoms with Crippen LogP contribution in [-0.2, 0) is 0 Å². The topological polar surface area (TPSA) is 57.9 Å². The lowest BCUT2D eigenvalue weighted by atomic mass is 10.1. The Morgan fingerprint density at radius 2 is 1.75 bits per heavy atom. The van der Waals surface area contributed by atoms with Gasteiger partial charge in [-0.25, -0.2) is 4.98 Å². The van der Waals surface area contributed by atoms with E-state index in [1.165, 1.54) is 24.3 Å². The molecule has 1 N–H and O–H groups in total. The number of pyridine rings is 1. The second-order valence-corrected chi connectivity index (χ2v) is 4.88. The fraction of sp³-hybridized carbons (Fsp3) is 0.0588. The monoisotopic (exact) mass is 329 g/mol. The van der Waals surface area contributed by atoms with Crippen molar-refractivity contribution in [3.63, 3.8) is 0 Å². The molecule has 24 heavy (non-hydrogen) atoms. The zero-order valence-electron chi connectivity index (χ0n) is 12.1. The number of ether oxygens (including phenoxy) is 1. The number of alkyl halides is 3. The summed E-state index contributed by atoms with van der Waals surface area (Å²) in [5, 5.41) is 12.9. The largest absolute Gasteiger partial charge is 0.573 e. The van der Waals surface area contributed by atoms with Crippen LogP contribution in [0, 0.1) is 11.3 Å². The van der Waals surface area contributed by atoms with E-state index in [2.05, 4.69) is 21.1 Å². The van der Waals surface area contributed by atoms with Crippen LogP contribution in [0.15, 0.2) is 54.6 Å².